The minimum atomic E-state index is -0.473. The quantitative estimate of drug-likeness (QED) is 0.902. The van der Waals surface area contributed by atoms with Crippen LogP contribution in [0.15, 0.2) is 28.8 Å². The van der Waals surface area contributed by atoms with E-state index in [-0.39, 0.29) is 0 Å². The molecule has 1 N–H and O–H groups in total. The van der Waals surface area contributed by atoms with E-state index in [1.54, 1.807) is 38.1 Å². The van der Waals surface area contributed by atoms with Gasteiger partial charge in [-0.2, -0.15) is 4.98 Å². The summed E-state index contributed by atoms with van der Waals surface area (Å²) in [7, 11) is 0. The van der Waals surface area contributed by atoms with Crippen LogP contribution < -0.4 is 5.32 Å². The summed E-state index contributed by atoms with van der Waals surface area (Å²) < 4.78 is 9.81. The number of carbonyl (C=O) groups excluding carboxylic acids is 1. The first-order valence-electron chi connectivity index (χ1n) is 5.53. The molecular formula is C12H13N3O3. The topological polar surface area (TPSA) is 77.2 Å². The van der Waals surface area contributed by atoms with Crippen molar-refractivity contribution in [2.24, 2.45) is 0 Å². The van der Waals surface area contributed by atoms with Gasteiger partial charge in [0.15, 0.2) is 5.82 Å². The number of aryl methyl sites for hydroxylation is 1. The van der Waals surface area contributed by atoms with E-state index in [4.69, 9.17) is 9.26 Å². The molecule has 0 spiro atoms. The number of hydrogen-bond donors (Lipinski definition) is 1. The van der Waals surface area contributed by atoms with Crippen LogP contribution in [0, 0.1) is 6.92 Å². The lowest BCUT2D eigenvalue weighted by Crippen LogP contribution is -2.12. The Morgan fingerprint density at radius 2 is 2.11 bits per heavy atom. The van der Waals surface area contributed by atoms with Crippen LogP contribution in [0.25, 0.3) is 11.5 Å². The Morgan fingerprint density at radius 1 is 1.39 bits per heavy atom. The number of nitrogens with zero attached hydrogens (tertiary/aromatic N) is 2. The van der Waals surface area contributed by atoms with Crippen molar-refractivity contribution in [1.82, 2.24) is 10.1 Å². The molecule has 6 heteroatoms. The molecular weight excluding hydrogens is 234 g/mol. The molecule has 0 aliphatic heterocycles. The molecule has 0 atom stereocenters. The van der Waals surface area contributed by atoms with Gasteiger partial charge < -0.3 is 9.26 Å². The highest BCUT2D eigenvalue weighted by Crippen LogP contribution is 2.19. The largest absolute Gasteiger partial charge is 0.450 e. The summed E-state index contributed by atoms with van der Waals surface area (Å²) in [4.78, 5) is 15.3. The van der Waals surface area contributed by atoms with E-state index in [2.05, 4.69) is 15.5 Å². The lowest BCUT2D eigenvalue weighted by Gasteiger charge is -2.04. The second-order valence-corrected chi connectivity index (χ2v) is 3.57. The van der Waals surface area contributed by atoms with Crippen LogP contribution in [0.2, 0.25) is 0 Å². The van der Waals surface area contributed by atoms with E-state index in [0.717, 1.165) is 5.56 Å². The molecule has 1 aromatic carbocycles. The van der Waals surface area contributed by atoms with Gasteiger partial charge in [-0.3, -0.25) is 5.32 Å². The molecule has 6 nitrogen and oxygen atoms in total. The van der Waals surface area contributed by atoms with Crippen LogP contribution in [0.4, 0.5) is 10.5 Å². The smallest absolute Gasteiger partial charge is 0.411 e. The molecule has 0 radical (unpaired) electrons. The van der Waals surface area contributed by atoms with E-state index in [0.29, 0.717) is 24.0 Å². The summed E-state index contributed by atoms with van der Waals surface area (Å²) >= 11 is 0. The first kappa shape index (κ1) is 12.1. The molecule has 0 bridgehead atoms. The number of benzene rings is 1. The van der Waals surface area contributed by atoms with Gasteiger partial charge in [-0.25, -0.2) is 4.79 Å². The highest BCUT2D eigenvalue weighted by atomic mass is 16.5. The number of anilines is 1. The Bertz CT molecular complexity index is 534. The molecule has 94 valence electrons. The van der Waals surface area contributed by atoms with E-state index < -0.39 is 6.09 Å². The molecule has 18 heavy (non-hydrogen) atoms. The van der Waals surface area contributed by atoms with Gasteiger partial charge in [-0.15, -0.1) is 0 Å². The number of amides is 1. The third kappa shape index (κ3) is 2.85. The zero-order valence-electron chi connectivity index (χ0n) is 10.1. The highest BCUT2D eigenvalue weighted by molar-refractivity contribution is 5.84. The molecule has 0 fully saturated rings. The van der Waals surface area contributed by atoms with Gasteiger partial charge in [0.05, 0.1) is 6.61 Å². The van der Waals surface area contributed by atoms with Gasteiger partial charge in [0.2, 0.25) is 0 Å². The average molecular weight is 247 g/mol. The molecule has 0 aliphatic carbocycles. The van der Waals surface area contributed by atoms with Gasteiger partial charge in [0.25, 0.3) is 5.89 Å². The summed E-state index contributed by atoms with van der Waals surface area (Å²) in [6, 6.07) is 7.06. The van der Waals surface area contributed by atoms with Gasteiger partial charge >= 0.3 is 6.09 Å². The van der Waals surface area contributed by atoms with E-state index in [1.165, 1.54) is 0 Å². The van der Waals surface area contributed by atoms with Crippen molar-refractivity contribution in [1.29, 1.82) is 0 Å². The van der Waals surface area contributed by atoms with Gasteiger partial charge in [0.1, 0.15) is 0 Å². The predicted molar refractivity (Wildman–Crippen MR) is 65.1 cm³/mol. The van der Waals surface area contributed by atoms with Crippen LogP contribution in [0.3, 0.4) is 0 Å². The highest BCUT2D eigenvalue weighted by Gasteiger charge is 2.07. The van der Waals surface area contributed by atoms with Crippen LogP contribution >= 0.6 is 0 Å². The minimum absolute atomic E-state index is 0.338. The van der Waals surface area contributed by atoms with Crippen molar-refractivity contribution in [3.05, 3.63) is 30.1 Å². The zero-order chi connectivity index (χ0) is 13.0. The third-order valence-corrected chi connectivity index (χ3v) is 2.18. The Morgan fingerprint density at radius 3 is 2.67 bits per heavy atom. The molecule has 0 saturated carbocycles. The SMILES string of the molecule is CCOC(=O)Nc1ccc(-c2nc(C)no2)cc1. The summed E-state index contributed by atoms with van der Waals surface area (Å²) in [5.41, 5.74) is 1.44. The summed E-state index contributed by atoms with van der Waals surface area (Å²) in [6.07, 6.45) is -0.473. The maximum Gasteiger partial charge on any atom is 0.411 e. The Balaban J connectivity index is 2.08. The number of carbonyl (C=O) groups is 1. The van der Waals surface area contributed by atoms with Gasteiger partial charge in [-0.05, 0) is 38.1 Å². The normalized spacial score (nSPS) is 10.1. The summed E-state index contributed by atoms with van der Waals surface area (Å²) in [5, 5.41) is 6.31. The average Bonchev–Trinajstić information content (AvgIpc) is 2.77. The Labute approximate surface area is 104 Å². The second-order valence-electron chi connectivity index (χ2n) is 3.57. The molecule has 1 amide bonds. The molecule has 0 unspecified atom stereocenters. The lowest BCUT2D eigenvalue weighted by atomic mass is 10.2. The first-order valence-corrected chi connectivity index (χ1v) is 5.53. The summed E-state index contributed by atoms with van der Waals surface area (Å²) in [6.45, 7) is 3.84. The Kier molecular flexibility index (Phi) is 3.57. The van der Waals surface area contributed by atoms with Crippen LogP contribution in [-0.4, -0.2) is 22.8 Å². The van der Waals surface area contributed by atoms with Crippen molar-refractivity contribution >= 4 is 11.8 Å². The van der Waals surface area contributed by atoms with E-state index in [1.807, 2.05) is 0 Å². The molecule has 0 saturated heterocycles. The predicted octanol–water partition coefficient (Wildman–Crippen LogP) is 2.61. The van der Waals surface area contributed by atoms with Crippen molar-refractivity contribution in [2.75, 3.05) is 11.9 Å². The van der Waals surface area contributed by atoms with Crippen molar-refractivity contribution in [2.45, 2.75) is 13.8 Å². The maximum absolute atomic E-state index is 11.2. The lowest BCUT2D eigenvalue weighted by molar-refractivity contribution is 0.168. The second kappa shape index (κ2) is 5.31. The summed E-state index contributed by atoms with van der Waals surface area (Å²) in [5.74, 6) is 1.04. The molecule has 0 aliphatic rings. The maximum atomic E-state index is 11.2. The fourth-order valence-electron chi connectivity index (χ4n) is 1.40. The first-order chi connectivity index (χ1) is 8.69. The third-order valence-electron chi connectivity index (χ3n) is 2.18. The number of nitrogens with one attached hydrogen (secondary N) is 1. The number of hydrogen-bond acceptors (Lipinski definition) is 5. The zero-order valence-corrected chi connectivity index (χ0v) is 10.1. The van der Waals surface area contributed by atoms with E-state index >= 15 is 0 Å². The van der Waals surface area contributed by atoms with Gasteiger partial charge in [0, 0.05) is 11.3 Å². The van der Waals surface area contributed by atoms with E-state index in [9.17, 15) is 4.79 Å². The Hall–Kier alpha value is -2.37. The minimum Gasteiger partial charge on any atom is -0.450 e. The number of rotatable bonds is 3. The molecule has 2 rings (SSSR count). The molecule has 1 aromatic heterocycles. The van der Waals surface area contributed by atoms with Crippen LogP contribution in [-0.2, 0) is 4.74 Å². The van der Waals surface area contributed by atoms with Crippen molar-refractivity contribution in [3.63, 3.8) is 0 Å². The van der Waals surface area contributed by atoms with Crippen LogP contribution in [0.5, 0.6) is 0 Å². The fraction of sp³-hybridized carbons (Fsp3) is 0.250. The standard InChI is InChI=1S/C12H13N3O3/c1-3-17-12(16)14-10-6-4-9(5-7-10)11-13-8(2)15-18-11/h4-7H,3H2,1-2H3,(H,14,16). The van der Waals surface area contributed by atoms with Crippen LogP contribution in [0.1, 0.15) is 12.7 Å². The van der Waals surface area contributed by atoms with Gasteiger partial charge in [-0.1, -0.05) is 5.16 Å². The monoisotopic (exact) mass is 247 g/mol. The number of ether oxygens (including phenoxy) is 1. The molecule has 1 heterocycles. The van der Waals surface area contributed by atoms with Crippen molar-refractivity contribution < 1.29 is 14.1 Å². The number of aromatic nitrogens is 2. The molecule has 2 aromatic rings. The van der Waals surface area contributed by atoms with Crippen molar-refractivity contribution in [3.8, 4) is 11.5 Å². The fourth-order valence-corrected chi connectivity index (χ4v) is 1.40.